The third-order valence-corrected chi connectivity index (χ3v) is 4.89. The Kier molecular flexibility index (Phi) is 6.25. The minimum absolute atomic E-state index is 0.0278. The Morgan fingerprint density at radius 1 is 1.17 bits per heavy atom. The van der Waals surface area contributed by atoms with E-state index in [1.54, 1.807) is 0 Å². The van der Waals surface area contributed by atoms with Gasteiger partial charge in [0.25, 0.3) is 0 Å². The number of amides is 2. The van der Waals surface area contributed by atoms with Crippen molar-refractivity contribution in [3.8, 4) is 0 Å². The standard InChI is InChI=1S/C18H28N2O3/c1-12-5-4-6-16(14(12)3)20-18(22)10-9-17(21)19-11-15-8-7-13(2)23-15/h7-8,12,14,16H,4-6,9-11H2,1-3H3,(H,19,21)(H,20,22)/t12-,14-,16+/m0/s1. The van der Waals surface area contributed by atoms with E-state index in [0.717, 1.165) is 17.9 Å². The Labute approximate surface area is 138 Å². The molecule has 0 aromatic carbocycles. The van der Waals surface area contributed by atoms with Crippen molar-refractivity contribution < 1.29 is 14.0 Å². The maximum Gasteiger partial charge on any atom is 0.220 e. The average Bonchev–Trinajstić information content (AvgIpc) is 2.93. The molecule has 0 unspecified atom stereocenters. The fourth-order valence-electron chi connectivity index (χ4n) is 3.15. The Balaban J connectivity index is 1.66. The van der Waals surface area contributed by atoms with Crippen molar-refractivity contribution in [1.82, 2.24) is 10.6 Å². The van der Waals surface area contributed by atoms with E-state index in [2.05, 4.69) is 24.5 Å². The highest BCUT2D eigenvalue weighted by molar-refractivity contribution is 5.83. The smallest absolute Gasteiger partial charge is 0.220 e. The normalized spacial score (nSPS) is 24.2. The summed E-state index contributed by atoms with van der Waals surface area (Å²) in [6, 6.07) is 3.95. The highest BCUT2D eigenvalue weighted by Gasteiger charge is 2.28. The molecule has 0 radical (unpaired) electrons. The first-order valence-corrected chi connectivity index (χ1v) is 8.57. The fraction of sp³-hybridized carbons (Fsp3) is 0.667. The lowest BCUT2D eigenvalue weighted by molar-refractivity contribution is -0.127. The van der Waals surface area contributed by atoms with Crippen LogP contribution in [0.4, 0.5) is 0 Å². The molecule has 5 heteroatoms. The van der Waals surface area contributed by atoms with Crippen LogP contribution in [0.3, 0.4) is 0 Å². The zero-order valence-corrected chi connectivity index (χ0v) is 14.4. The molecule has 1 heterocycles. The molecule has 0 aliphatic heterocycles. The quantitative estimate of drug-likeness (QED) is 0.846. The van der Waals surface area contributed by atoms with Crippen molar-refractivity contribution in [1.29, 1.82) is 0 Å². The van der Waals surface area contributed by atoms with Crippen molar-refractivity contribution in [3.63, 3.8) is 0 Å². The number of furan rings is 1. The van der Waals surface area contributed by atoms with Crippen LogP contribution in [0.2, 0.25) is 0 Å². The largest absolute Gasteiger partial charge is 0.465 e. The summed E-state index contributed by atoms with van der Waals surface area (Å²) in [4.78, 5) is 23.8. The summed E-state index contributed by atoms with van der Waals surface area (Å²) in [7, 11) is 0. The van der Waals surface area contributed by atoms with Crippen LogP contribution in [0.5, 0.6) is 0 Å². The zero-order valence-electron chi connectivity index (χ0n) is 14.4. The van der Waals surface area contributed by atoms with Crippen LogP contribution >= 0.6 is 0 Å². The van der Waals surface area contributed by atoms with Crippen molar-refractivity contribution >= 4 is 11.8 Å². The highest BCUT2D eigenvalue weighted by atomic mass is 16.3. The van der Waals surface area contributed by atoms with E-state index in [-0.39, 0.29) is 30.7 Å². The van der Waals surface area contributed by atoms with Crippen molar-refractivity contribution in [2.45, 2.75) is 65.5 Å². The monoisotopic (exact) mass is 320 g/mol. The van der Waals surface area contributed by atoms with E-state index in [4.69, 9.17) is 4.42 Å². The molecule has 0 saturated heterocycles. The number of aryl methyl sites for hydroxylation is 1. The third-order valence-electron chi connectivity index (χ3n) is 4.89. The molecule has 2 amide bonds. The van der Waals surface area contributed by atoms with E-state index in [1.165, 1.54) is 12.8 Å². The van der Waals surface area contributed by atoms with Gasteiger partial charge in [-0.2, -0.15) is 0 Å². The first-order valence-electron chi connectivity index (χ1n) is 8.57. The number of hydrogen-bond donors (Lipinski definition) is 2. The van der Waals surface area contributed by atoms with Crippen LogP contribution in [0.1, 0.15) is 57.5 Å². The Hall–Kier alpha value is -1.78. The second-order valence-corrected chi connectivity index (χ2v) is 6.73. The molecule has 2 N–H and O–H groups in total. The van der Waals surface area contributed by atoms with E-state index < -0.39 is 0 Å². The molecule has 1 aliphatic carbocycles. The van der Waals surface area contributed by atoms with Crippen molar-refractivity contribution in [2.75, 3.05) is 0 Å². The van der Waals surface area contributed by atoms with Gasteiger partial charge in [0.15, 0.2) is 0 Å². The number of nitrogens with one attached hydrogen (secondary N) is 2. The minimum atomic E-state index is -0.126. The van der Waals surface area contributed by atoms with Crippen LogP contribution < -0.4 is 10.6 Å². The zero-order chi connectivity index (χ0) is 16.8. The van der Waals surface area contributed by atoms with Crippen LogP contribution in [0, 0.1) is 18.8 Å². The van der Waals surface area contributed by atoms with Gasteiger partial charge in [-0.25, -0.2) is 0 Å². The van der Waals surface area contributed by atoms with Crippen LogP contribution in [-0.2, 0) is 16.1 Å². The first-order chi connectivity index (χ1) is 11.0. The predicted molar refractivity (Wildman–Crippen MR) is 88.6 cm³/mol. The van der Waals surface area contributed by atoms with E-state index in [9.17, 15) is 9.59 Å². The first kappa shape index (κ1) is 17.6. The topological polar surface area (TPSA) is 71.3 Å². The minimum Gasteiger partial charge on any atom is -0.465 e. The van der Waals surface area contributed by atoms with Gasteiger partial charge in [-0.3, -0.25) is 9.59 Å². The summed E-state index contributed by atoms with van der Waals surface area (Å²) in [5.41, 5.74) is 0. The van der Waals surface area contributed by atoms with Crippen LogP contribution in [0.15, 0.2) is 16.5 Å². The Morgan fingerprint density at radius 2 is 1.91 bits per heavy atom. The molecule has 5 nitrogen and oxygen atoms in total. The molecular weight excluding hydrogens is 292 g/mol. The van der Waals surface area contributed by atoms with Gasteiger partial charge in [0, 0.05) is 18.9 Å². The van der Waals surface area contributed by atoms with Gasteiger partial charge in [-0.05, 0) is 37.3 Å². The SMILES string of the molecule is Cc1ccc(CNC(=O)CCC(=O)N[C@@H]2CCC[C@H](C)[C@@H]2C)o1. The molecule has 23 heavy (non-hydrogen) atoms. The number of carbonyl (C=O) groups is 2. The molecule has 1 aromatic heterocycles. The van der Waals surface area contributed by atoms with Gasteiger partial charge in [-0.15, -0.1) is 0 Å². The second kappa shape index (κ2) is 8.18. The molecule has 1 saturated carbocycles. The average molecular weight is 320 g/mol. The highest BCUT2D eigenvalue weighted by Crippen LogP contribution is 2.29. The molecular formula is C18H28N2O3. The Bertz CT molecular complexity index is 538. The maximum atomic E-state index is 12.0. The lowest BCUT2D eigenvalue weighted by Crippen LogP contribution is -2.43. The molecule has 3 atom stereocenters. The van der Waals surface area contributed by atoms with E-state index in [0.29, 0.717) is 18.4 Å². The molecule has 2 rings (SSSR count). The van der Waals surface area contributed by atoms with Gasteiger partial charge < -0.3 is 15.1 Å². The van der Waals surface area contributed by atoms with Crippen molar-refractivity contribution in [2.24, 2.45) is 11.8 Å². The molecule has 1 fully saturated rings. The second-order valence-electron chi connectivity index (χ2n) is 6.73. The number of rotatable bonds is 6. The van der Waals surface area contributed by atoms with E-state index in [1.807, 2.05) is 19.1 Å². The molecule has 0 bridgehead atoms. The summed E-state index contributed by atoms with van der Waals surface area (Å²) >= 11 is 0. The maximum absolute atomic E-state index is 12.0. The summed E-state index contributed by atoms with van der Waals surface area (Å²) in [6.45, 7) is 6.67. The summed E-state index contributed by atoms with van der Waals surface area (Å²) in [5, 5.41) is 5.87. The van der Waals surface area contributed by atoms with Crippen LogP contribution in [-0.4, -0.2) is 17.9 Å². The van der Waals surface area contributed by atoms with Crippen molar-refractivity contribution in [3.05, 3.63) is 23.7 Å². The summed E-state index contributed by atoms with van der Waals surface area (Å²) < 4.78 is 5.39. The lowest BCUT2D eigenvalue weighted by Gasteiger charge is -2.34. The summed E-state index contributed by atoms with van der Waals surface area (Å²) in [5.74, 6) is 2.55. The van der Waals surface area contributed by atoms with Gasteiger partial charge in [0.2, 0.25) is 11.8 Å². The molecule has 1 aromatic rings. The van der Waals surface area contributed by atoms with Gasteiger partial charge in [-0.1, -0.05) is 26.7 Å². The number of hydrogen-bond acceptors (Lipinski definition) is 3. The Morgan fingerprint density at radius 3 is 2.61 bits per heavy atom. The molecule has 1 aliphatic rings. The molecule has 128 valence electrons. The predicted octanol–water partition coefficient (Wildman–Crippen LogP) is 2.93. The lowest BCUT2D eigenvalue weighted by atomic mass is 9.78. The summed E-state index contributed by atoms with van der Waals surface area (Å²) in [6.07, 6.45) is 3.89. The third kappa shape index (κ3) is 5.41. The van der Waals surface area contributed by atoms with Gasteiger partial charge in [0.1, 0.15) is 11.5 Å². The van der Waals surface area contributed by atoms with Gasteiger partial charge in [0.05, 0.1) is 6.54 Å². The van der Waals surface area contributed by atoms with E-state index >= 15 is 0 Å². The van der Waals surface area contributed by atoms with Gasteiger partial charge >= 0.3 is 0 Å². The fourth-order valence-corrected chi connectivity index (χ4v) is 3.15. The van der Waals surface area contributed by atoms with Crippen LogP contribution in [0.25, 0.3) is 0 Å². The number of carbonyl (C=O) groups excluding carboxylic acids is 2. The molecule has 0 spiro atoms.